The summed E-state index contributed by atoms with van der Waals surface area (Å²) in [7, 11) is 17.2. The Morgan fingerprint density at radius 3 is 1.15 bits per heavy atom. The van der Waals surface area contributed by atoms with Gasteiger partial charge >= 0.3 is 0 Å². The van der Waals surface area contributed by atoms with Crippen LogP contribution in [0.1, 0.15) is 77.5 Å². The molecule has 5 unspecified atom stereocenters. The van der Waals surface area contributed by atoms with Crippen LogP contribution in [0.5, 0.6) is 28.7 Å². The topological polar surface area (TPSA) is 199 Å². The molecule has 10 saturated heterocycles. The van der Waals surface area contributed by atoms with E-state index in [4.69, 9.17) is 28.8 Å². The van der Waals surface area contributed by atoms with E-state index >= 15 is 0 Å². The number of ether oxygens (including phenoxy) is 5. The molecule has 24 heteroatoms. The number of piperazine rings is 4. The first-order chi connectivity index (χ1) is 59.8. The molecule has 23 nitrogen and oxygen atoms in total. The summed E-state index contributed by atoms with van der Waals surface area (Å²) >= 11 is 3.36. The van der Waals surface area contributed by atoms with Gasteiger partial charge in [0.05, 0.1) is 60.4 Å². The van der Waals surface area contributed by atoms with Crippen LogP contribution in [0.2, 0.25) is 0 Å². The highest BCUT2D eigenvalue weighted by atomic mass is 79.9. The predicted octanol–water partition coefficient (Wildman–Crippen LogP) is 9.93. The quantitative estimate of drug-likeness (QED) is 0.0426. The third-order valence-electron chi connectivity index (χ3n) is 25.7. The van der Waals surface area contributed by atoms with Crippen molar-refractivity contribution in [1.29, 1.82) is 5.26 Å². The minimum absolute atomic E-state index is 0.0648. The van der Waals surface area contributed by atoms with Gasteiger partial charge < -0.3 is 69.4 Å². The first kappa shape index (κ1) is 97.7. The number of β-amino-alcohol motifs (C(OH)–C–C–N with tert-alkyl or cyclic N) is 2. The van der Waals surface area contributed by atoms with Gasteiger partial charge in [-0.15, -0.1) is 0 Å². The minimum atomic E-state index is -0.298. The number of carbonyl (C=O) groups excluding carboxylic acids is 1. The number of nitrogens with one attached hydrogen (secondary N) is 3. The molecule has 10 aliphatic heterocycles. The lowest BCUT2D eigenvalue weighted by Gasteiger charge is -2.45. The summed E-state index contributed by atoms with van der Waals surface area (Å²) in [6.07, 6.45) is 8.15. The molecule has 7 aromatic carbocycles. The van der Waals surface area contributed by atoms with Gasteiger partial charge in [-0.2, -0.15) is 5.26 Å². The lowest BCUT2D eigenvalue weighted by Crippen LogP contribution is -2.58. The van der Waals surface area contributed by atoms with E-state index in [1.807, 2.05) is 72.8 Å². The zero-order valence-corrected chi connectivity index (χ0v) is 77.1. The van der Waals surface area contributed by atoms with Crippen molar-refractivity contribution in [2.75, 3.05) is 247 Å². The Morgan fingerprint density at radius 1 is 0.390 bits per heavy atom. The van der Waals surface area contributed by atoms with Gasteiger partial charge in [-0.25, -0.2) is 0 Å². The van der Waals surface area contributed by atoms with Crippen LogP contribution in [-0.4, -0.2) is 346 Å². The number of methoxy groups -OCH3 is 5. The number of carbonyl (C=O) groups is 1. The van der Waals surface area contributed by atoms with Crippen molar-refractivity contribution >= 4 is 21.7 Å². The number of likely N-dealkylation sites (tertiary alicyclic amines) is 4. The van der Waals surface area contributed by atoms with Crippen molar-refractivity contribution < 1.29 is 38.7 Å². The number of nitrogens with zero attached hydrogens (tertiary/aromatic N) is 12. The molecule has 0 spiro atoms. The highest BCUT2D eigenvalue weighted by Crippen LogP contribution is 2.36. The number of aliphatic hydroxyl groups is 2. The average Bonchev–Trinajstić information content (AvgIpc) is 1.46. The fraction of sp³-hybridized carbons (Fsp3) is 0.556. The lowest BCUT2D eigenvalue weighted by atomic mass is 9.87. The number of hydrogen-bond donors (Lipinski definition) is 5. The second-order valence-electron chi connectivity index (χ2n) is 34.9. The van der Waals surface area contributed by atoms with Crippen molar-refractivity contribution in [2.24, 2.45) is 0 Å². The third kappa shape index (κ3) is 32.4. The molecule has 0 aromatic heterocycles. The summed E-state index contributed by atoms with van der Waals surface area (Å²) in [4.78, 5) is 38.1. The summed E-state index contributed by atoms with van der Waals surface area (Å²) in [6.45, 7) is 33.6. The molecule has 5 atom stereocenters. The standard InChI is InChI=1S/C24H33N3O.C18H26N4O.C16H25N3.C12H17NO2.C12H15NO2.C8H9BrO.C5H12N2.C4H9NO/c1-25-14-16-27(17-15-25)24(18-21-6-4-3-5-7-21)12-13-26(20-24)19-22-8-10-23(28-2)11-9-22;1-20-9-11-22(12-10-20)18(14-19)7-8-21(15-18)13-16-3-5-17(23-2)6-4-16;1-18-9-11-19(12-10-18)16(7-8-17-14-16)13-15-5-3-2-4-6-15;2*1-15-12-4-2-10(3-5-12)8-13-7-6-11(14)9-13;1-10-8-4-2-7(6-9)3-5-8;1-7-4-2-6-3-5-7;6-4-1-2-5-3-4/h3-11H,12-20H2,1-2H3;3-6H,7-13,15H2,1-2H3;2-6,17H,7-14H2,1H3;2-5,11,14H,6-9H2,1H3;2-5H,6-9H2,1H3;2-5H,6H2,1H3;6H,2-5H2,1H3;4-6H,1-3H2. The fourth-order valence-electron chi connectivity index (χ4n) is 17.9. The Balaban J connectivity index is 0.000000153. The Bertz CT molecular complexity index is 4060. The maximum atomic E-state index is 11.1. The molecule has 0 aliphatic carbocycles. The number of likely N-dealkylation sites (N-methyl/N-ethyl adjacent to an activating group) is 4. The van der Waals surface area contributed by atoms with Crippen LogP contribution >= 0.6 is 15.9 Å². The number of rotatable bonds is 21. The van der Waals surface area contributed by atoms with Gasteiger partial charge in [-0.1, -0.05) is 137 Å². The van der Waals surface area contributed by atoms with Gasteiger partial charge in [0.2, 0.25) is 0 Å². The van der Waals surface area contributed by atoms with Gasteiger partial charge in [0.1, 0.15) is 40.1 Å². The van der Waals surface area contributed by atoms with Crippen molar-refractivity contribution in [3.63, 3.8) is 0 Å². The summed E-state index contributed by atoms with van der Waals surface area (Å²) < 4.78 is 25.7. The summed E-state index contributed by atoms with van der Waals surface area (Å²) in [5.41, 5.74) is 9.66. The number of alkyl halides is 1. The minimum Gasteiger partial charge on any atom is -0.497 e. The van der Waals surface area contributed by atoms with Crippen LogP contribution in [0.15, 0.2) is 182 Å². The van der Waals surface area contributed by atoms with Gasteiger partial charge in [0, 0.05) is 213 Å². The molecule has 0 bridgehead atoms. The second kappa shape index (κ2) is 52.0. The molecular formula is C99H146BrN15O8. The van der Waals surface area contributed by atoms with Crippen molar-refractivity contribution in [3.8, 4) is 34.8 Å². The van der Waals surface area contributed by atoms with Crippen LogP contribution < -0.4 is 39.6 Å². The first-order valence-electron chi connectivity index (χ1n) is 44.9. The number of halogens is 1. The summed E-state index contributed by atoms with van der Waals surface area (Å²) in [6, 6.07) is 65.5. The van der Waals surface area contributed by atoms with Crippen molar-refractivity contribution in [2.45, 2.75) is 112 Å². The van der Waals surface area contributed by atoms with Crippen LogP contribution in [0, 0.1) is 11.3 Å². The molecule has 123 heavy (non-hydrogen) atoms. The highest BCUT2D eigenvalue weighted by molar-refractivity contribution is 9.08. The molecule has 17 rings (SSSR count). The number of ketones is 1. The van der Waals surface area contributed by atoms with E-state index in [-0.39, 0.29) is 23.3 Å². The van der Waals surface area contributed by atoms with E-state index in [0.29, 0.717) is 24.3 Å². The smallest absolute Gasteiger partial charge is 0.148 e. The molecule has 672 valence electrons. The number of hydrogen-bond acceptors (Lipinski definition) is 23. The van der Waals surface area contributed by atoms with Crippen molar-refractivity contribution in [1.82, 2.24) is 69.8 Å². The molecule has 0 saturated carbocycles. The maximum Gasteiger partial charge on any atom is 0.148 e. The SMILES string of the molecule is CN1CCN(C2(Cc3ccccc3)CCNC2)CC1.CN1CCNCC1.COc1ccc(CBr)cc1.COc1ccc(CN2CCC(=O)C2)cc1.COc1ccc(CN2CCC(C#N)(N3CCN(C)CC3)C2)cc1.COc1ccc(CN2CCC(Cc3ccccc3)(N3CCN(C)CC3)C2)cc1.COc1ccc(CN2CCC(O)C2)cc1.OC1CCNC1. The van der Waals surface area contributed by atoms with Gasteiger partial charge in [0.15, 0.2) is 0 Å². The first-order valence-corrected chi connectivity index (χ1v) is 46.0. The Morgan fingerprint density at radius 2 is 0.797 bits per heavy atom. The zero-order valence-electron chi connectivity index (χ0n) is 75.6. The van der Waals surface area contributed by atoms with Crippen LogP contribution in [-0.2, 0) is 49.1 Å². The Hall–Kier alpha value is -7.46. The van der Waals surface area contributed by atoms with Crippen molar-refractivity contribution in [3.05, 3.63) is 221 Å². The largest absolute Gasteiger partial charge is 0.497 e. The number of nitriles is 1. The third-order valence-corrected chi connectivity index (χ3v) is 26.3. The fourth-order valence-corrected chi connectivity index (χ4v) is 18.3. The van der Waals surface area contributed by atoms with Crippen LogP contribution in [0.3, 0.4) is 0 Å². The summed E-state index contributed by atoms with van der Waals surface area (Å²) in [5, 5.41) is 38.7. The predicted molar refractivity (Wildman–Crippen MR) is 501 cm³/mol. The van der Waals surface area contributed by atoms with Gasteiger partial charge in [0.25, 0.3) is 0 Å². The molecule has 10 aliphatic rings. The number of Topliss-reactive ketones (excluding diaryl/α,β-unsaturated/α-hetero) is 1. The van der Waals surface area contributed by atoms with E-state index in [2.05, 4.69) is 229 Å². The molecule has 0 amide bonds. The number of aliphatic hydroxyl groups excluding tert-OH is 2. The molecule has 10 fully saturated rings. The molecular weight excluding hydrogens is 1610 g/mol. The molecule has 10 heterocycles. The van der Waals surface area contributed by atoms with E-state index in [9.17, 15) is 15.2 Å². The zero-order chi connectivity index (χ0) is 87.1. The Labute approximate surface area is 745 Å². The van der Waals surface area contributed by atoms with Gasteiger partial charge in [-0.05, 0) is 186 Å². The normalized spacial score (nSPS) is 23.8. The van der Waals surface area contributed by atoms with E-state index < -0.39 is 0 Å². The van der Waals surface area contributed by atoms with Gasteiger partial charge in [-0.3, -0.25) is 39.1 Å². The Kier molecular flexibility index (Phi) is 41.3. The monoisotopic (exact) mass is 1750 g/mol. The maximum absolute atomic E-state index is 11.1. The lowest BCUT2D eigenvalue weighted by molar-refractivity contribution is -0.116. The number of benzene rings is 7. The summed E-state index contributed by atoms with van der Waals surface area (Å²) in [5.74, 6) is 4.84. The molecule has 7 aromatic rings. The average molecular weight is 1750 g/mol. The second-order valence-corrected chi connectivity index (χ2v) is 35.4. The van der Waals surface area contributed by atoms with E-state index in [1.54, 1.807) is 35.5 Å². The van der Waals surface area contributed by atoms with E-state index in [0.717, 1.165) is 184 Å². The molecule has 0 radical (unpaired) electrons. The highest BCUT2D eigenvalue weighted by Gasteiger charge is 2.46. The molecule has 5 N–H and O–H groups in total. The van der Waals surface area contributed by atoms with E-state index in [1.165, 1.54) is 137 Å². The van der Waals surface area contributed by atoms with Crippen LogP contribution in [0.25, 0.3) is 0 Å². The van der Waals surface area contributed by atoms with Crippen LogP contribution in [0.4, 0.5) is 0 Å².